The first kappa shape index (κ1) is 9.26. The van der Waals surface area contributed by atoms with Gasteiger partial charge in [0.2, 0.25) is 5.91 Å². The van der Waals surface area contributed by atoms with Crippen LogP contribution in [0.3, 0.4) is 0 Å². The lowest BCUT2D eigenvalue weighted by Gasteiger charge is -2.19. The second kappa shape index (κ2) is 4.26. The van der Waals surface area contributed by atoms with Crippen molar-refractivity contribution in [3.05, 3.63) is 12.7 Å². The summed E-state index contributed by atoms with van der Waals surface area (Å²) in [6.07, 6.45) is 2.78. The van der Waals surface area contributed by atoms with Crippen molar-refractivity contribution >= 4 is 5.91 Å². The predicted octanol–water partition coefficient (Wildman–Crippen LogP) is 0.383. The molecule has 0 bridgehead atoms. The minimum Gasteiger partial charge on any atom is -0.338 e. The standard InChI is InChI=1S/C9H16N2O/c1-3-5-11(6-4-2)9(12)8-7-10-8/h3,8,10H,1,4-7H2,2H3. The maximum absolute atomic E-state index is 11.5. The molecule has 1 unspecified atom stereocenters. The molecule has 3 nitrogen and oxygen atoms in total. The highest BCUT2D eigenvalue weighted by Gasteiger charge is 2.31. The molecule has 1 saturated heterocycles. The van der Waals surface area contributed by atoms with Crippen LogP contribution < -0.4 is 5.32 Å². The fraction of sp³-hybridized carbons (Fsp3) is 0.667. The normalized spacial score (nSPS) is 20.2. The van der Waals surface area contributed by atoms with Gasteiger partial charge in [0.15, 0.2) is 0 Å². The minimum absolute atomic E-state index is 0.0940. The predicted molar refractivity (Wildman–Crippen MR) is 48.9 cm³/mol. The third kappa shape index (κ3) is 2.34. The smallest absolute Gasteiger partial charge is 0.241 e. The molecule has 1 N–H and O–H groups in total. The Labute approximate surface area is 73.4 Å². The van der Waals surface area contributed by atoms with E-state index in [9.17, 15) is 4.79 Å². The molecule has 0 spiro atoms. The zero-order chi connectivity index (χ0) is 8.97. The van der Waals surface area contributed by atoms with E-state index in [0.29, 0.717) is 6.54 Å². The number of nitrogens with zero attached hydrogens (tertiary/aromatic N) is 1. The lowest BCUT2D eigenvalue weighted by atomic mass is 10.3. The van der Waals surface area contributed by atoms with Crippen molar-refractivity contribution in [1.82, 2.24) is 10.2 Å². The van der Waals surface area contributed by atoms with Gasteiger partial charge in [0, 0.05) is 19.6 Å². The molecule has 3 heteroatoms. The van der Waals surface area contributed by atoms with Crippen LogP contribution in [0.25, 0.3) is 0 Å². The third-order valence-corrected chi connectivity index (χ3v) is 1.86. The van der Waals surface area contributed by atoms with E-state index in [1.165, 1.54) is 0 Å². The molecule has 0 aromatic rings. The quantitative estimate of drug-likeness (QED) is 0.476. The zero-order valence-electron chi connectivity index (χ0n) is 7.55. The second-order valence-electron chi connectivity index (χ2n) is 3.03. The molecule has 0 saturated carbocycles. The summed E-state index contributed by atoms with van der Waals surface area (Å²) < 4.78 is 0. The van der Waals surface area contributed by atoms with Gasteiger partial charge in [-0.1, -0.05) is 13.0 Å². The van der Waals surface area contributed by atoms with Crippen LogP contribution in [0.4, 0.5) is 0 Å². The molecule has 1 rings (SSSR count). The highest BCUT2D eigenvalue weighted by Crippen LogP contribution is 2.04. The first-order chi connectivity index (χ1) is 5.79. The Bertz CT molecular complexity index is 175. The maximum Gasteiger partial charge on any atom is 0.241 e. The van der Waals surface area contributed by atoms with E-state index in [-0.39, 0.29) is 11.9 Å². The fourth-order valence-electron chi connectivity index (χ4n) is 1.17. The molecular formula is C9H16N2O. The molecule has 12 heavy (non-hydrogen) atoms. The molecule has 68 valence electrons. The first-order valence-corrected chi connectivity index (χ1v) is 4.42. The highest BCUT2D eigenvalue weighted by molar-refractivity contribution is 5.84. The molecule has 1 aliphatic heterocycles. The molecular weight excluding hydrogens is 152 g/mol. The molecule has 0 aliphatic carbocycles. The number of rotatable bonds is 5. The number of hydrogen-bond acceptors (Lipinski definition) is 2. The number of amides is 1. The van der Waals surface area contributed by atoms with Gasteiger partial charge in [0.1, 0.15) is 0 Å². The monoisotopic (exact) mass is 168 g/mol. The largest absolute Gasteiger partial charge is 0.338 e. The first-order valence-electron chi connectivity index (χ1n) is 4.42. The van der Waals surface area contributed by atoms with Crippen molar-refractivity contribution < 1.29 is 4.79 Å². The van der Waals surface area contributed by atoms with Gasteiger partial charge in [-0.05, 0) is 6.42 Å². The lowest BCUT2D eigenvalue weighted by molar-refractivity contribution is -0.130. The van der Waals surface area contributed by atoms with Gasteiger partial charge in [-0.15, -0.1) is 6.58 Å². The van der Waals surface area contributed by atoms with Crippen molar-refractivity contribution in [3.8, 4) is 0 Å². The summed E-state index contributed by atoms with van der Waals surface area (Å²) in [5, 5.41) is 3.01. The molecule has 0 aromatic heterocycles. The number of nitrogens with one attached hydrogen (secondary N) is 1. The molecule has 1 atom stereocenters. The highest BCUT2D eigenvalue weighted by atomic mass is 16.2. The Hall–Kier alpha value is -0.830. The van der Waals surface area contributed by atoms with Crippen LogP contribution in [-0.4, -0.2) is 36.5 Å². The van der Waals surface area contributed by atoms with E-state index in [0.717, 1.165) is 19.5 Å². The van der Waals surface area contributed by atoms with E-state index in [2.05, 4.69) is 18.8 Å². The molecule has 1 aliphatic rings. The Kier molecular flexibility index (Phi) is 3.29. The van der Waals surface area contributed by atoms with Crippen LogP contribution in [0.1, 0.15) is 13.3 Å². The third-order valence-electron chi connectivity index (χ3n) is 1.86. The summed E-state index contributed by atoms with van der Waals surface area (Å²) in [6, 6.07) is 0.0940. The van der Waals surface area contributed by atoms with Gasteiger partial charge in [-0.3, -0.25) is 4.79 Å². The van der Waals surface area contributed by atoms with Crippen molar-refractivity contribution in [3.63, 3.8) is 0 Å². The Morgan fingerprint density at radius 1 is 1.83 bits per heavy atom. The van der Waals surface area contributed by atoms with Crippen molar-refractivity contribution in [2.24, 2.45) is 0 Å². The van der Waals surface area contributed by atoms with Gasteiger partial charge in [-0.2, -0.15) is 0 Å². The van der Waals surface area contributed by atoms with Crippen LogP contribution >= 0.6 is 0 Å². The Balaban J connectivity index is 2.38. The van der Waals surface area contributed by atoms with E-state index in [1.54, 1.807) is 6.08 Å². The molecule has 0 radical (unpaired) electrons. The summed E-state index contributed by atoms with van der Waals surface area (Å²) in [5.74, 6) is 0.219. The Morgan fingerprint density at radius 3 is 2.92 bits per heavy atom. The van der Waals surface area contributed by atoms with Crippen LogP contribution in [-0.2, 0) is 4.79 Å². The van der Waals surface area contributed by atoms with Gasteiger partial charge >= 0.3 is 0 Å². The van der Waals surface area contributed by atoms with Gasteiger partial charge < -0.3 is 10.2 Å². The minimum atomic E-state index is 0.0940. The van der Waals surface area contributed by atoms with E-state index < -0.39 is 0 Å². The van der Waals surface area contributed by atoms with Crippen molar-refractivity contribution in [2.75, 3.05) is 19.6 Å². The zero-order valence-corrected chi connectivity index (χ0v) is 7.55. The fourth-order valence-corrected chi connectivity index (χ4v) is 1.17. The summed E-state index contributed by atoms with van der Waals surface area (Å²) >= 11 is 0. The molecule has 1 fully saturated rings. The van der Waals surface area contributed by atoms with Crippen molar-refractivity contribution in [1.29, 1.82) is 0 Å². The number of carbonyl (C=O) groups excluding carboxylic acids is 1. The average molecular weight is 168 g/mol. The van der Waals surface area contributed by atoms with E-state index in [4.69, 9.17) is 0 Å². The summed E-state index contributed by atoms with van der Waals surface area (Å²) in [5.41, 5.74) is 0. The summed E-state index contributed by atoms with van der Waals surface area (Å²) in [4.78, 5) is 13.3. The van der Waals surface area contributed by atoms with E-state index in [1.807, 2.05) is 4.90 Å². The summed E-state index contributed by atoms with van der Waals surface area (Å²) in [7, 11) is 0. The maximum atomic E-state index is 11.5. The SMILES string of the molecule is C=CCN(CCC)C(=O)C1CN1. The van der Waals surface area contributed by atoms with Gasteiger partial charge in [0.05, 0.1) is 6.04 Å². The summed E-state index contributed by atoms with van der Waals surface area (Å²) in [6.45, 7) is 8.05. The number of hydrogen-bond donors (Lipinski definition) is 1. The second-order valence-corrected chi connectivity index (χ2v) is 3.03. The van der Waals surface area contributed by atoms with Gasteiger partial charge in [0.25, 0.3) is 0 Å². The van der Waals surface area contributed by atoms with Crippen LogP contribution in [0.5, 0.6) is 0 Å². The number of carbonyl (C=O) groups is 1. The topological polar surface area (TPSA) is 42.2 Å². The van der Waals surface area contributed by atoms with Crippen LogP contribution in [0.2, 0.25) is 0 Å². The molecule has 0 aromatic carbocycles. The van der Waals surface area contributed by atoms with Crippen LogP contribution in [0.15, 0.2) is 12.7 Å². The molecule has 1 heterocycles. The van der Waals surface area contributed by atoms with E-state index >= 15 is 0 Å². The average Bonchev–Trinajstić information content (AvgIpc) is 2.85. The van der Waals surface area contributed by atoms with Gasteiger partial charge in [-0.25, -0.2) is 0 Å². The van der Waals surface area contributed by atoms with Crippen LogP contribution in [0, 0.1) is 0 Å². The van der Waals surface area contributed by atoms with Crippen molar-refractivity contribution in [2.45, 2.75) is 19.4 Å². The molecule has 1 amide bonds. The lowest BCUT2D eigenvalue weighted by Crippen LogP contribution is -2.36. The Morgan fingerprint density at radius 2 is 2.50 bits per heavy atom.